The number of hydrogen-bond donors (Lipinski definition) is 1. The van der Waals surface area contributed by atoms with E-state index in [0.717, 1.165) is 44.9 Å². The van der Waals surface area contributed by atoms with Gasteiger partial charge in [0.05, 0.1) is 11.7 Å². The van der Waals surface area contributed by atoms with Crippen molar-refractivity contribution in [3.05, 3.63) is 12.7 Å². The van der Waals surface area contributed by atoms with Crippen LogP contribution in [-0.4, -0.2) is 34.5 Å². The molecule has 0 amide bonds. The van der Waals surface area contributed by atoms with Crippen LogP contribution in [0.3, 0.4) is 0 Å². The van der Waals surface area contributed by atoms with Crippen molar-refractivity contribution in [2.45, 2.75) is 95.5 Å². The van der Waals surface area contributed by atoms with Gasteiger partial charge < -0.3 is 14.6 Å². The predicted octanol–water partition coefficient (Wildman–Crippen LogP) is 4.01. The molecule has 5 rings (SSSR count). The number of aliphatic hydroxyl groups is 1. The Labute approximate surface area is 162 Å². The minimum absolute atomic E-state index is 0.0170. The van der Waals surface area contributed by atoms with Gasteiger partial charge >= 0.3 is 5.97 Å². The molecule has 0 bridgehead atoms. The highest BCUT2D eigenvalue weighted by Gasteiger charge is 2.77. The van der Waals surface area contributed by atoms with Gasteiger partial charge in [-0.2, -0.15) is 0 Å². The van der Waals surface area contributed by atoms with Crippen LogP contribution >= 0.6 is 0 Å². The molecular formula is C23H34O4. The Morgan fingerprint density at radius 3 is 2.52 bits per heavy atom. The van der Waals surface area contributed by atoms with Gasteiger partial charge in [0.1, 0.15) is 11.7 Å². The molecule has 0 unspecified atom stereocenters. The van der Waals surface area contributed by atoms with E-state index in [0.29, 0.717) is 23.9 Å². The third-order valence-electron chi connectivity index (χ3n) is 9.93. The van der Waals surface area contributed by atoms with E-state index in [1.54, 1.807) is 0 Å². The van der Waals surface area contributed by atoms with Crippen LogP contribution in [0.5, 0.6) is 0 Å². The van der Waals surface area contributed by atoms with Crippen LogP contribution in [0.15, 0.2) is 12.7 Å². The molecule has 5 fully saturated rings. The van der Waals surface area contributed by atoms with Crippen molar-refractivity contribution in [3.8, 4) is 0 Å². The first-order valence-electron chi connectivity index (χ1n) is 10.9. The van der Waals surface area contributed by atoms with Gasteiger partial charge in [-0.05, 0) is 62.7 Å². The summed E-state index contributed by atoms with van der Waals surface area (Å²) in [5, 5.41) is 11.2. The molecule has 1 spiro atoms. The minimum atomic E-state index is -0.713. The van der Waals surface area contributed by atoms with E-state index >= 15 is 0 Å². The number of epoxide rings is 1. The van der Waals surface area contributed by atoms with Crippen LogP contribution in [0.2, 0.25) is 0 Å². The summed E-state index contributed by atoms with van der Waals surface area (Å²) < 4.78 is 12.0. The fourth-order valence-corrected chi connectivity index (χ4v) is 8.36. The van der Waals surface area contributed by atoms with Crippen LogP contribution in [0.1, 0.15) is 72.1 Å². The molecule has 0 aromatic rings. The van der Waals surface area contributed by atoms with E-state index in [9.17, 15) is 9.90 Å². The average molecular weight is 375 g/mol. The maximum Gasteiger partial charge on any atom is 0.302 e. The van der Waals surface area contributed by atoms with Crippen LogP contribution in [0.25, 0.3) is 0 Å². The first-order chi connectivity index (χ1) is 12.7. The monoisotopic (exact) mass is 374 g/mol. The Hall–Kier alpha value is -0.870. The van der Waals surface area contributed by atoms with Gasteiger partial charge in [0.15, 0.2) is 0 Å². The summed E-state index contributed by atoms with van der Waals surface area (Å²) in [5.74, 6) is 1.67. The molecule has 0 radical (unpaired) electrons. The first-order valence-corrected chi connectivity index (χ1v) is 10.9. The van der Waals surface area contributed by atoms with Crippen molar-refractivity contribution >= 4 is 5.97 Å². The topological polar surface area (TPSA) is 59.1 Å². The van der Waals surface area contributed by atoms with E-state index in [1.807, 2.05) is 6.08 Å². The number of hydrogen-bond acceptors (Lipinski definition) is 4. The summed E-state index contributed by atoms with van der Waals surface area (Å²) in [7, 11) is 0. The van der Waals surface area contributed by atoms with Crippen LogP contribution in [0, 0.1) is 28.6 Å². The van der Waals surface area contributed by atoms with E-state index in [1.165, 1.54) is 13.3 Å². The Morgan fingerprint density at radius 2 is 1.81 bits per heavy atom. The molecule has 1 aliphatic heterocycles. The average Bonchev–Trinajstić information content (AvgIpc) is 3.24. The summed E-state index contributed by atoms with van der Waals surface area (Å²) in [5.41, 5.74) is -0.660. The number of esters is 1. The third-order valence-corrected chi connectivity index (χ3v) is 9.93. The highest BCUT2D eigenvalue weighted by molar-refractivity contribution is 5.66. The lowest BCUT2D eigenvalue weighted by atomic mass is 9.44. The largest absolute Gasteiger partial charge is 0.462 e. The highest BCUT2D eigenvalue weighted by atomic mass is 16.6. The van der Waals surface area contributed by atoms with Crippen molar-refractivity contribution in [2.75, 3.05) is 0 Å². The molecule has 4 nitrogen and oxygen atoms in total. The van der Waals surface area contributed by atoms with E-state index < -0.39 is 5.60 Å². The molecule has 4 aliphatic carbocycles. The molecule has 4 heteroatoms. The van der Waals surface area contributed by atoms with Gasteiger partial charge in [-0.3, -0.25) is 4.79 Å². The lowest BCUT2D eigenvalue weighted by molar-refractivity contribution is -0.160. The van der Waals surface area contributed by atoms with E-state index in [2.05, 4.69) is 20.4 Å². The number of fused-ring (bicyclic) bond motifs is 4. The van der Waals surface area contributed by atoms with Crippen molar-refractivity contribution < 1.29 is 19.4 Å². The van der Waals surface area contributed by atoms with Gasteiger partial charge in [-0.25, -0.2) is 0 Å². The van der Waals surface area contributed by atoms with Crippen LogP contribution in [-0.2, 0) is 14.3 Å². The lowest BCUT2D eigenvalue weighted by Crippen LogP contribution is -2.60. The first kappa shape index (κ1) is 18.2. The molecule has 150 valence electrons. The van der Waals surface area contributed by atoms with Crippen LogP contribution in [0.4, 0.5) is 0 Å². The van der Waals surface area contributed by atoms with Crippen molar-refractivity contribution in [1.82, 2.24) is 0 Å². The van der Waals surface area contributed by atoms with Gasteiger partial charge in [-0.1, -0.05) is 19.9 Å². The zero-order valence-electron chi connectivity index (χ0n) is 17.0. The lowest BCUT2D eigenvalue weighted by Gasteiger charge is -2.60. The standard InChI is InChI=1S/C23H34O4/c1-5-22(25)11-8-17-16-12-19-23(27-19)13-15(26-14(2)24)6-9-21(23,4)18(16)7-10-20(17,22)3/h5,15-19,25H,1,6-13H2,2-4H3/t15-,16+,17-,18-,19-,20-,21+,22-,23-/m1/s1. The second kappa shape index (κ2) is 5.38. The second-order valence-corrected chi connectivity index (χ2v) is 10.6. The number of carbonyl (C=O) groups is 1. The smallest absolute Gasteiger partial charge is 0.302 e. The highest BCUT2D eigenvalue weighted by Crippen LogP contribution is 2.74. The Balaban J connectivity index is 1.44. The minimum Gasteiger partial charge on any atom is -0.462 e. The molecule has 4 saturated carbocycles. The maximum absolute atomic E-state index is 11.5. The maximum atomic E-state index is 11.5. The normalized spacial score (nSPS) is 58.3. The third kappa shape index (κ3) is 2.09. The van der Waals surface area contributed by atoms with Crippen LogP contribution < -0.4 is 0 Å². The van der Waals surface area contributed by atoms with E-state index in [-0.39, 0.29) is 28.5 Å². The molecule has 0 aromatic heterocycles. The predicted molar refractivity (Wildman–Crippen MR) is 102 cm³/mol. The SMILES string of the molecule is C=C[C@@]1(O)CC[C@@H]2[C@@H]3C[C@H]4O[C@]45C[C@H](OC(C)=O)CC[C@@]5(C)[C@@H]3CC[C@]21C. The number of ether oxygens (including phenoxy) is 2. The number of carbonyl (C=O) groups excluding carboxylic acids is 1. The molecule has 1 heterocycles. The summed E-state index contributed by atoms with van der Waals surface area (Å²) in [6, 6.07) is 0. The molecule has 1 N–H and O–H groups in total. The summed E-state index contributed by atoms with van der Waals surface area (Å²) in [6.45, 7) is 10.2. The van der Waals surface area contributed by atoms with Crippen molar-refractivity contribution in [2.24, 2.45) is 28.6 Å². The summed E-state index contributed by atoms with van der Waals surface area (Å²) in [6.07, 6.45) is 10.4. The van der Waals surface area contributed by atoms with Gasteiger partial charge in [0, 0.05) is 24.2 Å². The fourth-order valence-electron chi connectivity index (χ4n) is 8.36. The fraction of sp³-hybridized carbons (Fsp3) is 0.870. The summed E-state index contributed by atoms with van der Waals surface area (Å²) >= 11 is 0. The zero-order chi connectivity index (χ0) is 19.2. The van der Waals surface area contributed by atoms with Gasteiger partial charge in [0.2, 0.25) is 0 Å². The zero-order valence-corrected chi connectivity index (χ0v) is 17.0. The molecule has 1 saturated heterocycles. The Morgan fingerprint density at radius 1 is 1.15 bits per heavy atom. The summed E-state index contributed by atoms with van der Waals surface area (Å²) in [4.78, 5) is 11.5. The quantitative estimate of drug-likeness (QED) is 0.451. The van der Waals surface area contributed by atoms with E-state index in [4.69, 9.17) is 9.47 Å². The Kier molecular flexibility index (Phi) is 3.62. The molecule has 5 aliphatic rings. The molecule has 9 atom stereocenters. The molecule has 27 heavy (non-hydrogen) atoms. The number of rotatable bonds is 2. The van der Waals surface area contributed by atoms with Crippen molar-refractivity contribution in [3.63, 3.8) is 0 Å². The Bertz CT molecular complexity index is 690. The van der Waals surface area contributed by atoms with Crippen molar-refractivity contribution in [1.29, 1.82) is 0 Å². The second-order valence-electron chi connectivity index (χ2n) is 10.6. The molecule has 0 aromatic carbocycles. The molecular weight excluding hydrogens is 340 g/mol. The van der Waals surface area contributed by atoms with Gasteiger partial charge in [-0.15, -0.1) is 6.58 Å². The van der Waals surface area contributed by atoms with Gasteiger partial charge in [0.25, 0.3) is 0 Å².